The number of nitrogens with two attached hydrogens (primary N) is 1. The number of carbonyl (C=O) groups excluding carboxylic acids is 1. The van der Waals surface area contributed by atoms with Crippen molar-refractivity contribution in [2.45, 2.75) is 23.8 Å². The Kier molecular flexibility index (Phi) is 3.36. The van der Waals surface area contributed by atoms with Crippen LogP contribution in [0.15, 0.2) is 29.2 Å². The fraction of sp³-hybridized carbons (Fsp3) is 0.364. The maximum Gasteiger partial charge on any atom is 0.243 e. The lowest BCUT2D eigenvalue weighted by molar-refractivity contribution is -0.121. The van der Waals surface area contributed by atoms with E-state index in [2.05, 4.69) is 0 Å². The van der Waals surface area contributed by atoms with Crippen molar-refractivity contribution in [2.24, 2.45) is 5.73 Å². The molecule has 7 heteroatoms. The molecule has 1 aromatic carbocycles. The predicted octanol–water partition coefficient (Wildman–Crippen LogP) is 0.464. The van der Waals surface area contributed by atoms with Crippen molar-refractivity contribution in [3.63, 3.8) is 0 Å². The molecular weight excluding hydrogens is 259 g/mol. The van der Waals surface area contributed by atoms with Crippen molar-refractivity contribution < 1.29 is 17.6 Å². The number of halogens is 1. The summed E-state index contributed by atoms with van der Waals surface area (Å²) in [5.41, 5.74) is 5.18. The summed E-state index contributed by atoms with van der Waals surface area (Å²) in [6.07, 6.45) is 1.02. The van der Waals surface area contributed by atoms with Gasteiger partial charge < -0.3 is 5.73 Å². The van der Waals surface area contributed by atoms with Crippen molar-refractivity contribution in [3.8, 4) is 0 Å². The molecule has 2 N–H and O–H groups in total. The highest BCUT2D eigenvalue weighted by molar-refractivity contribution is 7.89. The summed E-state index contributed by atoms with van der Waals surface area (Å²) in [6.45, 7) is 0.257. The van der Waals surface area contributed by atoms with Gasteiger partial charge in [0.25, 0.3) is 0 Å². The van der Waals surface area contributed by atoms with Crippen LogP contribution in [0.4, 0.5) is 4.39 Å². The number of primary amides is 1. The first-order chi connectivity index (χ1) is 8.43. The van der Waals surface area contributed by atoms with Gasteiger partial charge in [-0.15, -0.1) is 0 Å². The number of hydrogen-bond acceptors (Lipinski definition) is 3. The molecule has 1 fully saturated rings. The summed E-state index contributed by atoms with van der Waals surface area (Å²) in [5.74, 6) is -1.17. The summed E-state index contributed by atoms with van der Waals surface area (Å²) in [4.78, 5) is 11.2. The summed E-state index contributed by atoms with van der Waals surface area (Å²) < 4.78 is 38.4. The Morgan fingerprint density at radius 1 is 1.33 bits per heavy atom. The second-order valence-corrected chi connectivity index (χ2v) is 6.02. The molecule has 1 saturated heterocycles. The maximum atomic E-state index is 12.8. The normalized spacial score (nSPS) is 21.1. The van der Waals surface area contributed by atoms with Gasteiger partial charge in [-0.1, -0.05) is 0 Å². The molecule has 0 radical (unpaired) electrons. The minimum atomic E-state index is -3.78. The van der Waals surface area contributed by atoms with Gasteiger partial charge >= 0.3 is 0 Å². The Morgan fingerprint density at radius 2 is 1.94 bits per heavy atom. The zero-order chi connectivity index (χ0) is 13.3. The second-order valence-electron chi connectivity index (χ2n) is 4.13. The summed E-state index contributed by atoms with van der Waals surface area (Å²) in [5, 5.41) is 0. The quantitative estimate of drug-likeness (QED) is 0.868. The molecule has 98 valence electrons. The van der Waals surface area contributed by atoms with Crippen LogP contribution in [-0.2, 0) is 14.8 Å². The van der Waals surface area contributed by atoms with Crippen LogP contribution in [0.1, 0.15) is 12.8 Å². The Labute approximate surface area is 104 Å². The van der Waals surface area contributed by atoms with Crippen molar-refractivity contribution in [1.82, 2.24) is 4.31 Å². The number of benzene rings is 1. The van der Waals surface area contributed by atoms with E-state index in [0.29, 0.717) is 12.8 Å². The van der Waals surface area contributed by atoms with E-state index in [1.54, 1.807) is 0 Å². The van der Waals surface area contributed by atoms with Crippen LogP contribution < -0.4 is 5.73 Å². The largest absolute Gasteiger partial charge is 0.368 e. The van der Waals surface area contributed by atoms with Crippen LogP contribution in [0.5, 0.6) is 0 Å². The van der Waals surface area contributed by atoms with E-state index in [4.69, 9.17) is 5.73 Å². The van der Waals surface area contributed by atoms with E-state index < -0.39 is 27.8 Å². The van der Waals surface area contributed by atoms with Crippen LogP contribution in [0.25, 0.3) is 0 Å². The molecule has 1 aliphatic heterocycles. The highest BCUT2D eigenvalue weighted by Gasteiger charge is 2.38. The first kappa shape index (κ1) is 13.0. The Bertz CT molecular complexity index is 556. The number of hydrogen-bond donors (Lipinski definition) is 1. The fourth-order valence-corrected chi connectivity index (χ4v) is 3.72. The van der Waals surface area contributed by atoms with Crippen LogP contribution in [0.3, 0.4) is 0 Å². The average Bonchev–Trinajstić information content (AvgIpc) is 2.79. The third-order valence-electron chi connectivity index (χ3n) is 2.95. The van der Waals surface area contributed by atoms with Crippen molar-refractivity contribution in [2.75, 3.05) is 6.54 Å². The maximum absolute atomic E-state index is 12.8. The standard InChI is InChI=1S/C11H13FN2O3S/c12-8-3-5-9(6-4-8)18(16,17)14-7-1-2-10(14)11(13)15/h3-6,10H,1-2,7H2,(H2,13,15). The first-order valence-electron chi connectivity index (χ1n) is 5.49. The fourth-order valence-electron chi connectivity index (χ4n) is 2.05. The lowest BCUT2D eigenvalue weighted by Gasteiger charge is -2.21. The van der Waals surface area contributed by atoms with Crippen LogP contribution >= 0.6 is 0 Å². The molecule has 0 spiro atoms. The average molecular weight is 272 g/mol. The summed E-state index contributed by atoms with van der Waals surface area (Å²) >= 11 is 0. The highest BCUT2D eigenvalue weighted by atomic mass is 32.2. The first-order valence-corrected chi connectivity index (χ1v) is 6.93. The van der Waals surface area contributed by atoms with Crippen LogP contribution in [-0.4, -0.2) is 31.2 Å². The molecule has 5 nitrogen and oxygen atoms in total. The molecule has 18 heavy (non-hydrogen) atoms. The zero-order valence-corrected chi connectivity index (χ0v) is 10.4. The van der Waals surface area contributed by atoms with Gasteiger partial charge in [-0.3, -0.25) is 4.79 Å². The Balaban J connectivity index is 2.36. The lowest BCUT2D eigenvalue weighted by Crippen LogP contribution is -2.43. The van der Waals surface area contributed by atoms with E-state index >= 15 is 0 Å². The molecule has 0 saturated carbocycles. The molecule has 0 aromatic heterocycles. The molecule has 1 aromatic rings. The van der Waals surface area contributed by atoms with Gasteiger partial charge in [0, 0.05) is 6.54 Å². The van der Waals surface area contributed by atoms with Crippen molar-refractivity contribution >= 4 is 15.9 Å². The Hall–Kier alpha value is -1.47. The zero-order valence-electron chi connectivity index (χ0n) is 9.54. The van der Waals surface area contributed by atoms with Gasteiger partial charge in [-0.05, 0) is 37.1 Å². The molecule has 1 aliphatic rings. The van der Waals surface area contributed by atoms with Crippen LogP contribution in [0, 0.1) is 5.82 Å². The molecular formula is C11H13FN2O3S. The van der Waals surface area contributed by atoms with Crippen molar-refractivity contribution in [3.05, 3.63) is 30.1 Å². The van der Waals surface area contributed by atoms with Gasteiger partial charge in [0.1, 0.15) is 11.9 Å². The number of carbonyl (C=O) groups is 1. The van der Waals surface area contributed by atoms with Gasteiger partial charge in [0.05, 0.1) is 4.90 Å². The summed E-state index contributed by atoms with van der Waals surface area (Å²) in [7, 11) is -3.78. The minimum absolute atomic E-state index is 0.0305. The van der Waals surface area contributed by atoms with Gasteiger partial charge in [0.2, 0.25) is 15.9 Å². The second kappa shape index (κ2) is 4.66. The number of amides is 1. The molecule has 0 bridgehead atoms. The van der Waals surface area contributed by atoms with E-state index in [1.165, 1.54) is 12.1 Å². The van der Waals surface area contributed by atoms with Gasteiger partial charge in [-0.25, -0.2) is 12.8 Å². The molecule has 2 rings (SSSR count). The molecule has 1 heterocycles. The number of rotatable bonds is 3. The lowest BCUT2D eigenvalue weighted by atomic mass is 10.2. The smallest absolute Gasteiger partial charge is 0.243 e. The molecule has 1 atom stereocenters. The molecule has 0 aliphatic carbocycles. The highest BCUT2D eigenvalue weighted by Crippen LogP contribution is 2.25. The van der Waals surface area contributed by atoms with E-state index in [9.17, 15) is 17.6 Å². The van der Waals surface area contributed by atoms with E-state index in [-0.39, 0.29) is 11.4 Å². The number of nitrogens with zero attached hydrogens (tertiary/aromatic N) is 1. The summed E-state index contributed by atoms with van der Waals surface area (Å²) in [6, 6.07) is 3.70. The third kappa shape index (κ3) is 2.23. The molecule has 1 unspecified atom stereocenters. The predicted molar refractivity (Wildman–Crippen MR) is 62.5 cm³/mol. The SMILES string of the molecule is NC(=O)C1CCCN1S(=O)(=O)c1ccc(F)cc1. The number of sulfonamides is 1. The van der Waals surface area contributed by atoms with Crippen LogP contribution in [0.2, 0.25) is 0 Å². The van der Waals surface area contributed by atoms with Gasteiger partial charge in [0.15, 0.2) is 0 Å². The monoisotopic (exact) mass is 272 g/mol. The van der Waals surface area contributed by atoms with E-state index in [0.717, 1.165) is 16.4 Å². The van der Waals surface area contributed by atoms with Crippen molar-refractivity contribution in [1.29, 1.82) is 0 Å². The Morgan fingerprint density at radius 3 is 2.50 bits per heavy atom. The molecule has 1 amide bonds. The third-order valence-corrected chi connectivity index (χ3v) is 4.87. The van der Waals surface area contributed by atoms with E-state index in [1.807, 2.05) is 0 Å². The van der Waals surface area contributed by atoms with Gasteiger partial charge in [-0.2, -0.15) is 4.31 Å². The minimum Gasteiger partial charge on any atom is -0.368 e. The topological polar surface area (TPSA) is 80.5 Å².